The Labute approximate surface area is 118 Å². The number of nitrogens with one attached hydrogen (secondary N) is 1. The van der Waals surface area contributed by atoms with E-state index in [4.69, 9.17) is 14.6 Å². The number of rotatable bonds is 3. The van der Waals surface area contributed by atoms with Crippen LogP contribution in [0.3, 0.4) is 0 Å². The number of hydrogen-bond donors (Lipinski definition) is 2. The Morgan fingerprint density at radius 1 is 1.40 bits per heavy atom. The number of hydrogen-bond acceptors (Lipinski definition) is 4. The molecular formula is C13H22N2O5. The Bertz CT molecular complexity index is 363. The summed E-state index contributed by atoms with van der Waals surface area (Å²) >= 11 is 0. The van der Waals surface area contributed by atoms with E-state index in [1.54, 1.807) is 4.90 Å². The second-order valence-electron chi connectivity index (χ2n) is 5.33. The van der Waals surface area contributed by atoms with Crippen molar-refractivity contribution in [2.75, 3.05) is 26.2 Å². The fourth-order valence-corrected chi connectivity index (χ4v) is 2.53. The topological polar surface area (TPSA) is 88.1 Å². The van der Waals surface area contributed by atoms with Gasteiger partial charge >= 0.3 is 12.0 Å². The lowest BCUT2D eigenvalue weighted by atomic mass is 10.2. The molecule has 2 aliphatic rings. The van der Waals surface area contributed by atoms with Gasteiger partial charge in [-0.2, -0.15) is 0 Å². The van der Waals surface area contributed by atoms with E-state index in [1.165, 1.54) is 0 Å². The molecule has 7 nitrogen and oxygen atoms in total. The predicted octanol–water partition coefficient (Wildman–Crippen LogP) is 0.439. The summed E-state index contributed by atoms with van der Waals surface area (Å²) in [7, 11) is 0. The van der Waals surface area contributed by atoms with Crippen molar-refractivity contribution >= 4 is 12.0 Å². The molecule has 20 heavy (non-hydrogen) atoms. The number of carboxylic acid groups (broad SMARTS) is 1. The number of ether oxygens (including phenoxy) is 2. The van der Waals surface area contributed by atoms with Crippen LogP contribution in [0.25, 0.3) is 0 Å². The van der Waals surface area contributed by atoms with Gasteiger partial charge in [-0.05, 0) is 26.2 Å². The molecule has 2 N–H and O–H groups in total. The Kier molecular flexibility index (Phi) is 5.19. The van der Waals surface area contributed by atoms with Crippen molar-refractivity contribution in [1.29, 1.82) is 0 Å². The lowest BCUT2D eigenvalue weighted by Crippen LogP contribution is -2.45. The normalized spacial score (nSPS) is 30.9. The maximum absolute atomic E-state index is 12.1. The van der Waals surface area contributed by atoms with Crippen LogP contribution in [0.2, 0.25) is 0 Å². The van der Waals surface area contributed by atoms with Gasteiger partial charge in [0.1, 0.15) is 0 Å². The van der Waals surface area contributed by atoms with Crippen LogP contribution in [0.15, 0.2) is 0 Å². The van der Waals surface area contributed by atoms with Crippen molar-refractivity contribution < 1.29 is 24.2 Å². The van der Waals surface area contributed by atoms with Gasteiger partial charge in [-0.25, -0.2) is 9.59 Å². The predicted molar refractivity (Wildman–Crippen MR) is 70.5 cm³/mol. The maximum Gasteiger partial charge on any atom is 0.332 e. The summed E-state index contributed by atoms with van der Waals surface area (Å²) < 4.78 is 10.8. The second-order valence-corrected chi connectivity index (χ2v) is 5.33. The monoisotopic (exact) mass is 286 g/mol. The van der Waals surface area contributed by atoms with Gasteiger partial charge in [-0.3, -0.25) is 0 Å². The summed E-state index contributed by atoms with van der Waals surface area (Å²) in [5.74, 6) is -0.933. The minimum absolute atomic E-state index is 0.0439. The molecule has 3 atom stereocenters. The van der Waals surface area contributed by atoms with Gasteiger partial charge in [0.25, 0.3) is 0 Å². The minimum Gasteiger partial charge on any atom is -0.479 e. The fourth-order valence-electron chi connectivity index (χ4n) is 2.53. The van der Waals surface area contributed by atoms with Gasteiger partial charge in [0.05, 0.1) is 12.2 Å². The molecule has 0 aromatic rings. The molecule has 2 heterocycles. The first-order chi connectivity index (χ1) is 9.56. The number of amides is 2. The molecule has 2 amide bonds. The zero-order valence-corrected chi connectivity index (χ0v) is 11.7. The zero-order valence-electron chi connectivity index (χ0n) is 11.7. The summed E-state index contributed by atoms with van der Waals surface area (Å²) in [4.78, 5) is 24.6. The molecule has 0 aromatic carbocycles. The van der Waals surface area contributed by atoms with E-state index >= 15 is 0 Å². The van der Waals surface area contributed by atoms with Crippen LogP contribution in [0.5, 0.6) is 0 Å². The first-order valence-corrected chi connectivity index (χ1v) is 7.09. The summed E-state index contributed by atoms with van der Waals surface area (Å²) in [6.07, 6.45) is 1.10. The van der Waals surface area contributed by atoms with Gasteiger partial charge in [-0.1, -0.05) is 0 Å². The Morgan fingerprint density at radius 3 is 2.90 bits per heavy atom. The molecule has 2 fully saturated rings. The van der Waals surface area contributed by atoms with Gasteiger partial charge in [-0.15, -0.1) is 0 Å². The van der Waals surface area contributed by atoms with Gasteiger partial charge < -0.3 is 24.8 Å². The van der Waals surface area contributed by atoms with Crippen molar-refractivity contribution in [3.8, 4) is 0 Å². The largest absolute Gasteiger partial charge is 0.479 e. The van der Waals surface area contributed by atoms with Gasteiger partial charge in [0.2, 0.25) is 0 Å². The van der Waals surface area contributed by atoms with Crippen molar-refractivity contribution in [3.05, 3.63) is 0 Å². The molecule has 0 aliphatic carbocycles. The van der Waals surface area contributed by atoms with Crippen LogP contribution in [-0.4, -0.2) is 66.6 Å². The highest BCUT2D eigenvalue weighted by atomic mass is 16.5. The number of nitrogens with zero attached hydrogens (tertiary/aromatic N) is 1. The molecule has 0 bridgehead atoms. The van der Waals surface area contributed by atoms with Crippen LogP contribution in [0.1, 0.15) is 26.2 Å². The molecule has 0 spiro atoms. The Hall–Kier alpha value is -1.34. The van der Waals surface area contributed by atoms with Crippen LogP contribution in [0.4, 0.5) is 4.79 Å². The van der Waals surface area contributed by atoms with E-state index in [-0.39, 0.29) is 18.2 Å². The molecule has 2 rings (SSSR count). The summed E-state index contributed by atoms with van der Waals surface area (Å²) in [6.45, 7) is 4.24. The van der Waals surface area contributed by atoms with Crippen molar-refractivity contribution in [1.82, 2.24) is 10.2 Å². The molecule has 0 aromatic heterocycles. The Balaban J connectivity index is 1.73. The summed E-state index contributed by atoms with van der Waals surface area (Å²) in [5, 5.41) is 11.7. The van der Waals surface area contributed by atoms with Gasteiger partial charge in [0, 0.05) is 26.2 Å². The summed E-state index contributed by atoms with van der Waals surface area (Å²) in [5.41, 5.74) is 0. The third-order valence-electron chi connectivity index (χ3n) is 3.60. The molecule has 114 valence electrons. The molecule has 0 radical (unpaired) electrons. The van der Waals surface area contributed by atoms with E-state index in [1.807, 2.05) is 6.92 Å². The number of carboxylic acids is 1. The van der Waals surface area contributed by atoms with Gasteiger partial charge in [0.15, 0.2) is 6.10 Å². The van der Waals surface area contributed by atoms with Crippen LogP contribution >= 0.6 is 0 Å². The number of carbonyl (C=O) groups excluding carboxylic acids is 1. The molecular weight excluding hydrogens is 264 g/mol. The fraction of sp³-hybridized carbons (Fsp3) is 0.846. The zero-order chi connectivity index (χ0) is 14.5. The summed E-state index contributed by atoms with van der Waals surface area (Å²) in [6, 6.07) is -0.135. The van der Waals surface area contributed by atoms with Crippen molar-refractivity contribution in [2.45, 2.75) is 44.5 Å². The van der Waals surface area contributed by atoms with E-state index in [9.17, 15) is 9.59 Å². The molecule has 7 heteroatoms. The standard InChI is InChI=1S/C13H22N2O5/c1-9-8-15(5-2-6-19-9)13(18)14-7-10-3-4-11(20-10)12(16)17/h9-11H,2-8H2,1H3,(H,14,18)(H,16,17). The van der Waals surface area contributed by atoms with E-state index < -0.39 is 12.1 Å². The van der Waals surface area contributed by atoms with Crippen molar-refractivity contribution in [3.63, 3.8) is 0 Å². The minimum atomic E-state index is -0.933. The number of aliphatic carboxylic acids is 1. The quantitative estimate of drug-likeness (QED) is 0.786. The third-order valence-corrected chi connectivity index (χ3v) is 3.60. The highest BCUT2D eigenvalue weighted by Gasteiger charge is 2.31. The average Bonchev–Trinajstić information content (AvgIpc) is 2.78. The highest BCUT2D eigenvalue weighted by molar-refractivity contribution is 5.74. The van der Waals surface area contributed by atoms with E-state index in [0.29, 0.717) is 39.1 Å². The smallest absolute Gasteiger partial charge is 0.332 e. The molecule has 3 unspecified atom stereocenters. The first kappa shape index (κ1) is 15.1. The highest BCUT2D eigenvalue weighted by Crippen LogP contribution is 2.19. The lowest BCUT2D eigenvalue weighted by molar-refractivity contribution is -0.149. The molecule has 0 saturated carbocycles. The third kappa shape index (κ3) is 4.08. The first-order valence-electron chi connectivity index (χ1n) is 7.09. The number of carbonyl (C=O) groups is 2. The number of urea groups is 1. The van der Waals surface area contributed by atoms with Crippen LogP contribution < -0.4 is 5.32 Å². The second kappa shape index (κ2) is 6.90. The maximum atomic E-state index is 12.1. The van der Waals surface area contributed by atoms with Crippen LogP contribution in [0, 0.1) is 0 Å². The lowest BCUT2D eigenvalue weighted by Gasteiger charge is -2.23. The van der Waals surface area contributed by atoms with Crippen molar-refractivity contribution in [2.24, 2.45) is 0 Å². The molecule has 2 aliphatic heterocycles. The molecule has 2 saturated heterocycles. The SMILES string of the molecule is CC1CN(C(=O)NCC2CCC(C(=O)O)O2)CCCO1. The van der Waals surface area contributed by atoms with E-state index in [2.05, 4.69) is 5.32 Å². The van der Waals surface area contributed by atoms with Crippen LogP contribution in [-0.2, 0) is 14.3 Å². The Morgan fingerprint density at radius 2 is 2.20 bits per heavy atom. The van der Waals surface area contributed by atoms with E-state index in [0.717, 1.165) is 6.42 Å². The average molecular weight is 286 g/mol.